The van der Waals surface area contributed by atoms with Crippen molar-refractivity contribution in [2.45, 2.75) is 19.4 Å². The van der Waals surface area contributed by atoms with Gasteiger partial charge in [0.05, 0.1) is 30.3 Å². The van der Waals surface area contributed by atoms with Crippen molar-refractivity contribution < 1.29 is 27.1 Å². The van der Waals surface area contributed by atoms with E-state index in [2.05, 4.69) is 10.4 Å². The normalized spacial score (nSPS) is 11.5. The first-order valence-electron chi connectivity index (χ1n) is 9.73. The lowest BCUT2D eigenvalue weighted by molar-refractivity contribution is -0.143. The standard InChI is InChI=1S/C23H17ClF3N3O3/c24-16-6-8-18(9-7-16)30-21(23(25,26)27)20(12-28-30)22(31)29-17-4-1-3-15(11-17)13-32-14-19-5-2-10-33-19/h1-12H,13-14H2,(H,29,31). The van der Waals surface area contributed by atoms with Gasteiger partial charge in [-0.25, -0.2) is 4.68 Å². The van der Waals surface area contributed by atoms with Gasteiger partial charge in [-0.2, -0.15) is 18.3 Å². The van der Waals surface area contributed by atoms with Crippen LogP contribution in [0.5, 0.6) is 0 Å². The summed E-state index contributed by atoms with van der Waals surface area (Å²) in [6.45, 7) is 0.495. The second kappa shape index (κ2) is 9.51. The van der Waals surface area contributed by atoms with E-state index in [4.69, 9.17) is 20.8 Å². The first-order chi connectivity index (χ1) is 15.8. The second-order valence-electron chi connectivity index (χ2n) is 7.02. The topological polar surface area (TPSA) is 69.3 Å². The molecule has 0 unspecified atom stereocenters. The number of alkyl halides is 3. The van der Waals surface area contributed by atoms with Crippen LogP contribution < -0.4 is 5.32 Å². The lowest BCUT2D eigenvalue weighted by atomic mass is 10.2. The van der Waals surface area contributed by atoms with Gasteiger partial charge >= 0.3 is 6.18 Å². The number of ether oxygens (including phenoxy) is 1. The fraction of sp³-hybridized carbons (Fsp3) is 0.130. The number of anilines is 1. The number of hydrogen-bond acceptors (Lipinski definition) is 4. The van der Waals surface area contributed by atoms with Crippen LogP contribution in [0.25, 0.3) is 5.69 Å². The summed E-state index contributed by atoms with van der Waals surface area (Å²) in [5.74, 6) is -0.270. The molecular weight excluding hydrogens is 459 g/mol. The average molecular weight is 476 g/mol. The van der Waals surface area contributed by atoms with Crippen LogP contribution >= 0.6 is 11.6 Å². The quantitative estimate of drug-likeness (QED) is 0.350. The molecule has 0 bridgehead atoms. The van der Waals surface area contributed by atoms with Crippen molar-refractivity contribution in [3.8, 4) is 5.69 Å². The number of benzene rings is 2. The first kappa shape index (κ1) is 22.6. The van der Waals surface area contributed by atoms with Crippen molar-refractivity contribution in [3.05, 3.63) is 101 Å². The summed E-state index contributed by atoms with van der Waals surface area (Å²) in [4.78, 5) is 12.7. The number of furan rings is 1. The van der Waals surface area contributed by atoms with Gasteiger partial charge < -0.3 is 14.5 Å². The fourth-order valence-corrected chi connectivity index (χ4v) is 3.29. The number of aromatic nitrogens is 2. The number of nitrogens with one attached hydrogen (secondary N) is 1. The second-order valence-corrected chi connectivity index (χ2v) is 7.46. The van der Waals surface area contributed by atoms with Crippen molar-refractivity contribution in [1.29, 1.82) is 0 Å². The van der Waals surface area contributed by atoms with Crippen molar-refractivity contribution in [2.24, 2.45) is 0 Å². The number of halogens is 4. The van der Waals surface area contributed by atoms with Crippen LogP contribution in [0, 0.1) is 0 Å². The zero-order valence-corrected chi connectivity index (χ0v) is 17.7. The Kier molecular flexibility index (Phi) is 6.52. The van der Waals surface area contributed by atoms with Gasteiger partial charge in [-0.05, 0) is 54.1 Å². The van der Waals surface area contributed by atoms with Gasteiger partial charge in [0.15, 0.2) is 5.69 Å². The summed E-state index contributed by atoms with van der Waals surface area (Å²) in [5.41, 5.74) is -0.600. The molecule has 0 aliphatic rings. The predicted octanol–water partition coefficient (Wildman–Crippen LogP) is 6.11. The van der Waals surface area contributed by atoms with E-state index in [9.17, 15) is 18.0 Å². The zero-order valence-electron chi connectivity index (χ0n) is 17.0. The summed E-state index contributed by atoms with van der Waals surface area (Å²) in [6, 6.07) is 15.8. The highest BCUT2D eigenvalue weighted by atomic mass is 35.5. The van der Waals surface area contributed by atoms with E-state index >= 15 is 0 Å². The SMILES string of the molecule is O=C(Nc1cccc(COCc2ccco2)c1)c1cnn(-c2ccc(Cl)cc2)c1C(F)(F)F. The van der Waals surface area contributed by atoms with E-state index in [1.165, 1.54) is 24.3 Å². The minimum Gasteiger partial charge on any atom is -0.467 e. The molecule has 170 valence electrons. The van der Waals surface area contributed by atoms with E-state index in [-0.39, 0.29) is 18.9 Å². The van der Waals surface area contributed by atoms with Crippen LogP contribution in [0.2, 0.25) is 5.02 Å². The molecule has 0 saturated carbocycles. The Morgan fingerprint density at radius 3 is 2.58 bits per heavy atom. The minimum atomic E-state index is -4.82. The highest BCUT2D eigenvalue weighted by Crippen LogP contribution is 2.34. The molecule has 1 amide bonds. The monoisotopic (exact) mass is 475 g/mol. The average Bonchev–Trinajstić information content (AvgIpc) is 3.44. The molecule has 1 N–H and O–H groups in total. The summed E-state index contributed by atoms with van der Waals surface area (Å²) in [6.07, 6.45) is -2.38. The van der Waals surface area contributed by atoms with Gasteiger partial charge in [-0.1, -0.05) is 23.7 Å². The highest BCUT2D eigenvalue weighted by molar-refractivity contribution is 6.30. The maximum Gasteiger partial charge on any atom is 0.434 e. The molecule has 0 aliphatic heterocycles. The summed E-state index contributed by atoms with van der Waals surface area (Å²) in [7, 11) is 0. The molecule has 0 aliphatic carbocycles. The van der Waals surface area contributed by atoms with Crippen LogP contribution in [0.15, 0.2) is 77.5 Å². The molecule has 0 fully saturated rings. The molecule has 2 aromatic carbocycles. The third kappa shape index (κ3) is 5.44. The van der Waals surface area contributed by atoms with E-state index in [0.717, 1.165) is 11.8 Å². The smallest absolute Gasteiger partial charge is 0.434 e. The largest absolute Gasteiger partial charge is 0.467 e. The van der Waals surface area contributed by atoms with E-state index in [1.54, 1.807) is 42.7 Å². The molecule has 0 atom stereocenters. The molecule has 2 heterocycles. The van der Waals surface area contributed by atoms with Gasteiger partial charge in [0, 0.05) is 10.7 Å². The summed E-state index contributed by atoms with van der Waals surface area (Å²) >= 11 is 5.82. The minimum absolute atomic E-state index is 0.126. The Hall–Kier alpha value is -3.56. The molecular formula is C23H17ClF3N3O3. The van der Waals surface area contributed by atoms with Gasteiger partial charge in [-0.15, -0.1) is 0 Å². The highest BCUT2D eigenvalue weighted by Gasteiger charge is 2.40. The van der Waals surface area contributed by atoms with Crippen molar-refractivity contribution in [3.63, 3.8) is 0 Å². The molecule has 0 radical (unpaired) electrons. The molecule has 33 heavy (non-hydrogen) atoms. The van der Waals surface area contributed by atoms with E-state index in [0.29, 0.717) is 21.2 Å². The number of nitrogens with zero attached hydrogens (tertiary/aromatic N) is 2. The van der Waals surface area contributed by atoms with Crippen LogP contribution in [0.4, 0.5) is 18.9 Å². The van der Waals surface area contributed by atoms with E-state index in [1.807, 2.05) is 0 Å². The zero-order chi connectivity index (χ0) is 23.4. The molecule has 0 saturated heterocycles. The Bertz CT molecular complexity index is 1240. The number of carbonyl (C=O) groups is 1. The Balaban J connectivity index is 1.52. The third-order valence-electron chi connectivity index (χ3n) is 4.63. The predicted molar refractivity (Wildman–Crippen MR) is 115 cm³/mol. The molecule has 4 aromatic rings. The molecule has 10 heteroatoms. The molecule has 0 spiro atoms. The summed E-state index contributed by atoms with van der Waals surface area (Å²) < 4.78 is 52.9. The maximum atomic E-state index is 13.8. The lowest BCUT2D eigenvalue weighted by Crippen LogP contribution is -2.20. The molecule has 2 aromatic heterocycles. The molecule has 6 nitrogen and oxygen atoms in total. The first-order valence-corrected chi connectivity index (χ1v) is 10.1. The van der Waals surface area contributed by atoms with Crippen LogP contribution in [0.1, 0.15) is 27.4 Å². The van der Waals surface area contributed by atoms with Crippen molar-refractivity contribution >= 4 is 23.2 Å². The maximum absolute atomic E-state index is 13.8. The third-order valence-corrected chi connectivity index (χ3v) is 4.88. The lowest BCUT2D eigenvalue weighted by Gasteiger charge is -2.13. The Morgan fingerprint density at radius 1 is 1.09 bits per heavy atom. The Morgan fingerprint density at radius 2 is 1.88 bits per heavy atom. The number of amides is 1. The number of rotatable bonds is 7. The van der Waals surface area contributed by atoms with Gasteiger partial charge in [0.25, 0.3) is 5.91 Å². The van der Waals surface area contributed by atoms with Crippen molar-refractivity contribution in [2.75, 3.05) is 5.32 Å². The number of hydrogen-bond donors (Lipinski definition) is 1. The van der Waals surface area contributed by atoms with Crippen LogP contribution in [-0.4, -0.2) is 15.7 Å². The number of carbonyl (C=O) groups excluding carboxylic acids is 1. The van der Waals surface area contributed by atoms with Crippen LogP contribution in [-0.2, 0) is 24.1 Å². The van der Waals surface area contributed by atoms with Gasteiger partial charge in [0.1, 0.15) is 12.4 Å². The fourth-order valence-electron chi connectivity index (χ4n) is 3.17. The van der Waals surface area contributed by atoms with Crippen LogP contribution in [0.3, 0.4) is 0 Å². The van der Waals surface area contributed by atoms with Gasteiger partial charge in [-0.3, -0.25) is 4.79 Å². The van der Waals surface area contributed by atoms with Crippen molar-refractivity contribution in [1.82, 2.24) is 9.78 Å². The van der Waals surface area contributed by atoms with Gasteiger partial charge in [0.2, 0.25) is 0 Å². The Labute approximate surface area is 191 Å². The van der Waals surface area contributed by atoms with E-state index < -0.39 is 23.3 Å². The summed E-state index contributed by atoms with van der Waals surface area (Å²) in [5, 5.41) is 6.66. The molecule has 4 rings (SSSR count).